The molecule has 3 aromatic carbocycles. The van der Waals surface area contributed by atoms with Gasteiger partial charge in [-0.05, 0) is 16.7 Å². The Labute approximate surface area is 153 Å². The molecular weight excluding hydrogens is 328 g/mol. The van der Waals surface area contributed by atoms with Gasteiger partial charge >= 0.3 is 0 Å². The summed E-state index contributed by atoms with van der Waals surface area (Å²) in [6.07, 6.45) is -0.912. The molecule has 26 heavy (non-hydrogen) atoms. The minimum absolute atomic E-state index is 0.278. The van der Waals surface area contributed by atoms with Crippen LogP contribution in [0.25, 0.3) is 0 Å². The topological polar surface area (TPSA) is 77.8 Å². The average molecular weight is 350 g/mol. The predicted molar refractivity (Wildman–Crippen MR) is 101 cm³/mol. The van der Waals surface area contributed by atoms with Crippen molar-refractivity contribution < 1.29 is 20.1 Å². The highest BCUT2D eigenvalue weighted by molar-refractivity contribution is 5.55. The van der Waals surface area contributed by atoms with Crippen molar-refractivity contribution in [1.82, 2.24) is 0 Å². The molecule has 0 amide bonds. The van der Waals surface area contributed by atoms with Crippen LogP contribution >= 0.6 is 0 Å². The van der Waals surface area contributed by atoms with Crippen LogP contribution in [-0.2, 0) is 10.4 Å². The average Bonchev–Trinajstić information content (AvgIpc) is 2.75. The van der Waals surface area contributed by atoms with Crippen LogP contribution in [0.3, 0.4) is 0 Å². The smallest absolute Gasteiger partial charge is 0.150 e. The summed E-state index contributed by atoms with van der Waals surface area (Å²) in [4.78, 5) is 9.33. The van der Waals surface area contributed by atoms with E-state index in [0.717, 1.165) is 16.7 Å². The highest BCUT2D eigenvalue weighted by Crippen LogP contribution is 2.36. The lowest BCUT2D eigenvalue weighted by atomic mass is 9.80. The van der Waals surface area contributed by atoms with Gasteiger partial charge in [-0.15, -0.1) is 0 Å². The quantitative estimate of drug-likeness (QED) is 0.488. The van der Waals surface area contributed by atoms with E-state index in [1.165, 1.54) is 0 Å². The summed E-state index contributed by atoms with van der Waals surface area (Å²) in [5, 5.41) is 27.3. The number of carbonyl (C=O) groups excluding carboxylic acids is 1. The van der Waals surface area contributed by atoms with Crippen molar-refractivity contribution in [3.05, 3.63) is 108 Å². The van der Waals surface area contributed by atoms with Crippen LogP contribution in [0.4, 0.5) is 0 Å². The minimum atomic E-state index is -1.19. The molecule has 3 N–H and O–H groups in total. The number of benzene rings is 3. The molecule has 0 aliphatic carbocycles. The van der Waals surface area contributed by atoms with Crippen molar-refractivity contribution in [2.75, 3.05) is 6.61 Å². The summed E-state index contributed by atoms with van der Waals surface area (Å²) < 4.78 is 0. The van der Waals surface area contributed by atoms with Gasteiger partial charge in [-0.25, -0.2) is 0 Å². The number of aldehydes is 1. The second kappa shape index (κ2) is 9.63. The molecule has 0 aliphatic heterocycles. The van der Waals surface area contributed by atoms with E-state index in [2.05, 4.69) is 0 Å². The largest absolute Gasteiger partial charge is 0.393 e. The third kappa shape index (κ3) is 4.64. The van der Waals surface area contributed by atoms with Crippen molar-refractivity contribution >= 4 is 6.29 Å². The molecule has 0 spiro atoms. The lowest BCUT2D eigenvalue weighted by Gasteiger charge is -2.30. The minimum Gasteiger partial charge on any atom is -0.393 e. The van der Waals surface area contributed by atoms with Crippen LogP contribution in [0.2, 0.25) is 0 Å². The summed E-state index contributed by atoms with van der Waals surface area (Å²) in [6, 6.07) is 29.3. The molecule has 134 valence electrons. The molecule has 0 saturated carbocycles. The third-order valence-electron chi connectivity index (χ3n) is 3.92. The molecule has 0 radical (unpaired) electrons. The molecule has 0 saturated heterocycles. The highest BCUT2D eigenvalue weighted by atomic mass is 16.3. The van der Waals surface area contributed by atoms with Crippen LogP contribution in [0.5, 0.6) is 0 Å². The zero-order valence-corrected chi connectivity index (χ0v) is 14.3. The standard InChI is InChI=1S/C19H16O.C3H6O3/c20-19(16-10-4-1-5-11-16,17-12-6-2-7-13-17)18-14-8-3-9-15-18;4-1-3(6)2-5/h1-15,20H;1,3,5-6H,2H2. The van der Waals surface area contributed by atoms with Gasteiger partial charge in [0.05, 0.1) is 6.61 Å². The zero-order valence-electron chi connectivity index (χ0n) is 14.3. The second-order valence-electron chi connectivity index (χ2n) is 5.69. The normalized spacial score (nSPS) is 11.8. The number of rotatable bonds is 5. The first-order valence-electron chi connectivity index (χ1n) is 8.26. The summed E-state index contributed by atoms with van der Waals surface area (Å²) in [5.74, 6) is 0. The molecule has 0 heterocycles. The highest BCUT2D eigenvalue weighted by Gasteiger charge is 2.33. The molecule has 0 fully saturated rings. The molecule has 4 heteroatoms. The van der Waals surface area contributed by atoms with Gasteiger partial charge in [-0.2, -0.15) is 0 Å². The number of hydrogen-bond donors (Lipinski definition) is 3. The molecule has 3 rings (SSSR count). The van der Waals surface area contributed by atoms with Gasteiger partial charge < -0.3 is 20.1 Å². The van der Waals surface area contributed by atoms with E-state index in [1.807, 2.05) is 91.0 Å². The van der Waals surface area contributed by atoms with Crippen molar-refractivity contribution in [3.63, 3.8) is 0 Å². The lowest BCUT2D eigenvalue weighted by Crippen LogP contribution is -2.28. The molecule has 3 aromatic rings. The Morgan fingerprint density at radius 3 is 1.23 bits per heavy atom. The van der Waals surface area contributed by atoms with Gasteiger partial charge in [0.15, 0.2) is 6.29 Å². The Morgan fingerprint density at radius 1 is 0.731 bits per heavy atom. The van der Waals surface area contributed by atoms with Crippen LogP contribution in [0.15, 0.2) is 91.0 Å². The maximum Gasteiger partial charge on any atom is 0.150 e. The maximum absolute atomic E-state index is 11.4. The zero-order chi connectivity index (χ0) is 18.8. The van der Waals surface area contributed by atoms with Gasteiger partial charge in [0.2, 0.25) is 0 Å². The molecule has 4 nitrogen and oxygen atoms in total. The van der Waals surface area contributed by atoms with E-state index in [1.54, 1.807) is 0 Å². The SMILES string of the molecule is O=CC(O)CO.OC(c1ccccc1)(c1ccccc1)c1ccccc1. The Balaban J connectivity index is 0.000000352. The molecule has 1 unspecified atom stereocenters. The van der Waals surface area contributed by atoms with Gasteiger partial charge in [0.1, 0.15) is 11.7 Å². The first-order chi connectivity index (χ1) is 12.6. The molecule has 0 aromatic heterocycles. The van der Waals surface area contributed by atoms with E-state index < -0.39 is 18.3 Å². The van der Waals surface area contributed by atoms with Gasteiger partial charge in [0.25, 0.3) is 0 Å². The van der Waals surface area contributed by atoms with Crippen LogP contribution in [-0.4, -0.2) is 34.3 Å². The molecule has 0 bridgehead atoms. The Hall–Kier alpha value is -2.79. The van der Waals surface area contributed by atoms with E-state index in [4.69, 9.17) is 10.2 Å². The summed E-state index contributed by atoms with van der Waals surface area (Å²) in [6.45, 7) is -0.483. The molecular formula is C22H22O4. The summed E-state index contributed by atoms with van der Waals surface area (Å²) in [5.41, 5.74) is 1.50. The third-order valence-corrected chi connectivity index (χ3v) is 3.92. The summed E-state index contributed by atoms with van der Waals surface area (Å²) >= 11 is 0. The fourth-order valence-electron chi connectivity index (χ4n) is 2.58. The fourth-order valence-corrected chi connectivity index (χ4v) is 2.58. The van der Waals surface area contributed by atoms with E-state index >= 15 is 0 Å². The Morgan fingerprint density at radius 2 is 1.04 bits per heavy atom. The van der Waals surface area contributed by atoms with Crippen molar-refractivity contribution in [2.24, 2.45) is 0 Å². The number of hydrogen-bond acceptors (Lipinski definition) is 4. The van der Waals surface area contributed by atoms with E-state index in [9.17, 15) is 9.90 Å². The van der Waals surface area contributed by atoms with E-state index in [0.29, 0.717) is 0 Å². The Kier molecular flexibility index (Phi) is 7.24. The van der Waals surface area contributed by atoms with E-state index in [-0.39, 0.29) is 6.29 Å². The Bertz CT molecular complexity index is 676. The monoisotopic (exact) mass is 350 g/mol. The van der Waals surface area contributed by atoms with Gasteiger partial charge in [0, 0.05) is 0 Å². The molecule has 0 aliphatic rings. The van der Waals surface area contributed by atoms with Crippen molar-refractivity contribution in [3.8, 4) is 0 Å². The number of carbonyl (C=O) groups is 1. The summed E-state index contributed by atoms with van der Waals surface area (Å²) in [7, 11) is 0. The lowest BCUT2D eigenvalue weighted by molar-refractivity contribution is -0.116. The number of aliphatic hydroxyl groups is 3. The maximum atomic E-state index is 11.4. The first kappa shape index (κ1) is 19.5. The predicted octanol–water partition coefficient (Wildman–Crippen LogP) is 2.51. The van der Waals surface area contributed by atoms with Crippen LogP contribution in [0, 0.1) is 0 Å². The van der Waals surface area contributed by atoms with Crippen molar-refractivity contribution in [1.29, 1.82) is 0 Å². The van der Waals surface area contributed by atoms with Crippen LogP contribution < -0.4 is 0 Å². The number of aliphatic hydroxyl groups excluding tert-OH is 2. The van der Waals surface area contributed by atoms with Gasteiger partial charge in [-0.1, -0.05) is 91.0 Å². The molecule has 1 atom stereocenters. The van der Waals surface area contributed by atoms with Crippen molar-refractivity contribution in [2.45, 2.75) is 11.7 Å². The fraction of sp³-hybridized carbons (Fsp3) is 0.136. The second-order valence-corrected chi connectivity index (χ2v) is 5.69. The van der Waals surface area contributed by atoms with Gasteiger partial charge in [-0.3, -0.25) is 0 Å². The first-order valence-corrected chi connectivity index (χ1v) is 8.26. The van der Waals surface area contributed by atoms with Crippen LogP contribution in [0.1, 0.15) is 16.7 Å².